The van der Waals surface area contributed by atoms with Crippen LogP contribution in [0.25, 0.3) is 0 Å². The van der Waals surface area contributed by atoms with Gasteiger partial charge in [0.2, 0.25) is 0 Å². The molecular formula is C13H18N2O2S. The number of rotatable bonds is 5. The Labute approximate surface area is 111 Å². The number of nitrogens with one attached hydrogen (secondary N) is 1. The molecule has 1 unspecified atom stereocenters. The summed E-state index contributed by atoms with van der Waals surface area (Å²) in [4.78, 5) is 14.8. The van der Waals surface area contributed by atoms with Gasteiger partial charge < -0.3 is 10.4 Å². The van der Waals surface area contributed by atoms with Crippen LogP contribution < -0.4 is 5.32 Å². The zero-order valence-corrected chi connectivity index (χ0v) is 11.3. The molecule has 1 aromatic rings. The van der Waals surface area contributed by atoms with Crippen molar-refractivity contribution in [2.45, 2.75) is 31.1 Å². The SMILES string of the molecule is CC1(CNCc2ccc(C(=O)O)cn2)CCCS1. The van der Waals surface area contributed by atoms with Gasteiger partial charge in [-0.2, -0.15) is 11.8 Å². The van der Waals surface area contributed by atoms with Crippen LogP contribution in [0.5, 0.6) is 0 Å². The molecule has 0 radical (unpaired) electrons. The standard InChI is InChI=1S/C13H18N2O2S/c1-13(5-2-6-18-13)9-14-8-11-4-3-10(7-15-11)12(16)17/h3-4,7,14H,2,5-6,8-9H2,1H3,(H,16,17). The van der Waals surface area contributed by atoms with Crippen molar-refractivity contribution >= 4 is 17.7 Å². The van der Waals surface area contributed by atoms with Crippen LogP contribution in [0.2, 0.25) is 0 Å². The van der Waals surface area contributed by atoms with Crippen LogP contribution >= 0.6 is 11.8 Å². The number of pyridine rings is 1. The third kappa shape index (κ3) is 3.46. The van der Waals surface area contributed by atoms with Gasteiger partial charge in [-0.25, -0.2) is 4.79 Å². The van der Waals surface area contributed by atoms with Crippen molar-refractivity contribution < 1.29 is 9.90 Å². The van der Waals surface area contributed by atoms with Crippen LogP contribution in [0.15, 0.2) is 18.3 Å². The first-order chi connectivity index (χ1) is 8.59. The van der Waals surface area contributed by atoms with Crippen LogP contribution in [0.1, 0.15) is 35.8 Å². The van der Waals surface area contributed by atoms with Crippen molar-refractivity contribution in [3.63, 3.8) is 0 Å². The van der Waals surface area contributed by atoms with E-state index < -0.39 is 5.97 Å². The largest absolute Gasteiger partial charge is 0.478 e. The van der Waals surface area contributed by atoms with Crippen LogP contribution in [-0.2, 0) is 6.54 Å². The highest BCUT2D eigenvalue weighted by atomic mass is 32.2. The van der Waals surface area contributed by atoms with E-state index in [1.807, 2.05) is 11.8 Å². The summed E-state index contributed by atoms with van der Waals surface area (Å²) in [6, 6.07) is 3.36. The normalized spacial score (nSPS) is 23.2. The number of aromatic carboxylic acids is 1. The summed E-state index contributed by atoms with van der Waals surface area (Å²) in [5, 5.41) is 12.2. The van der Waals surface area contributed by atoms with E-state index >= 15 is 0 Å². The maximum absolute atomic E-state index is 10.7. The van der Waals surface area contributed by atoms with E-state index in [1.165, 1.54) is 24.8 Å². The number of carbonyl (C=O) groups is 1. The molecule has 1 aliphatic rings. The molecule has 1 aliphatic heterocycles. The zero-order valence-electron chi connectivity index (χ0n) is 10.5. The van der Waals surface area contributed by atoms with E-state index in [4.69, 9.17) is 5.11 Å². The smallest absolute Gasteiger partial charge is 0.337 e. The third-order valence-corrected chi connectivity index (χ3v) is 4.72. The van der Waals surface area contributed by atoms with Crippen molar-refractivity contribution in [3.05, 3.63) is 29.6 Å². The number of carboxylic acids is 1. The van der Waals surface area contributed by atoms with Crippen molar-refractivity contribution in [3.8, 4) is 0 Å². The Kier molecular flexibility index (Phi) is 4.24. The summed E-state index contributed by atoms with van der Waals surface area (Å²) in [5.74, 6) is 0.320. The molecule has 0 aliphatic carbocycles. The molecule has 2 N–H and O–H groups in total. The summed E-state index contributed by atoms with van der Waals surface area (Å²) in [6.07, 6.45) is 3.97. The van der Waals surface area contributed by atoms with Crippen LogP contribution in [0.4, 0.5) is 0 Å². The average molecular weight is 266 g/mol. The van der Waals surface area contributed by atoms with Gasteiger partial charge in [-0.1, -0.05) is 0 Å². The van der Waals surface area contributed by atoms with E-state index in [-0.39, 0.29) is 5.56 Å². The lowest BCUT2D eigenvalue weighted by molar-refractivity contribution is 0.0696. The van der Waals surface area contributed by atoms with Crippen molar-refractivity contribution in [1.29, 1.82) is 0 Å². The first-order valence-electron chi connectivity index (χ1n) is 6.12. The number of aromatic nitrogens is 1. The number of thioether (sulfide) groups is 1. The molecule has 2 rings (SSSR count). The molecule has 0 spiro atoms. The van der Waals surface area contributed by atoms with Crippen LogP contribution in [-0.4, -0.2) is 33.1 Å². The third-order valence-electron chi connectivity index (χ3n) is 3.18. The maximum atomic E-state index is 10.7. The lowest BCUT2D eigenvalue weighted by Crippen LogP contribution is -2.32. The van der Waals surface area contributed by atoms with Crippen molar-refractivity contribution in [2.75, 3.05) is 12.3 Å². The van der Waals surface area contributed by atoms with Crippen LogP contribution in [0, 0.1) is 0 Å². The van der Waals surface area contributed by atoms with Gasteiger partial charge in [0.15, 0.2) is 0 Å². The molecule has 2 heterocycles. The number of hydrogen-bond acceptors (Lipinski definition) is 4. The first kappa shape index (κ1) is 13.4. The fourth-order valence-electron chi connectivity index (χ4n) is 2.09. The van der Waals surface area contributed by atoms with Gasteiger partial charge in [-0.3, -0.25) is 4.98 Å². The summed E-state index contributed by atoms with van der Waals surface area (Å²) < 4.78 is 0.348. The van der Waals surface area contributed by atoms with Gasteiger partial charge in [0.1, 0.15) is 0 Å². The molecule has 1 aromatic heterocycles. The van der Waals surface area contributed by atoms with Gasteiger partial charge in [-0.05, 0) is 37.7 Å². The van der Waals surface area contributed by atoms with E-state index in [9.17, 15) is 4.79 Å². The Morgan fingerprint density at radius 1 is 1.61 bits per heavy atom. The molecule has 18 heavy (non-hydrogen) atoms. The summed E-state index contributed by atoms with van der Waals surface area (Å²) in [5.41, 5.74) is 1.11. The molecule has 1 saturated heterocycles. The highest BCUT2D eigenvalue weighted by molar-refractivity contribution is 8.00. The maximum Gasteiger partial charge on any atom is 0.337 e. The Balaban J connectivity index is 1.81. The summed E-state index contributed by atoms with van der Waals surface area (Å²) >= 11 is 2.03. The highest BCUT2D eigenvalue weighted by Crippen LogP contribution is 2.36. The minimum atomic E-state index is -0.933. The topological polar surface area (TPSA) is 62.2 Å². The first-order valence-corrected chi connectivity index (χ1v) is 7.11. The molecule has 5 heteroatoms. The van der Waals surface area contributed by atoms with E-state index in [1.54, 1.807) is 12.1 Å². The Morgan fingerprint density at radius 3 is 3.00 bits per heavy atom. The predicted octanol–water partition coefficient (Wildman–Crippen LogP) is 2.16. The molecule has 0 bridgehead atoms. The summed E-state index contributed by atoms with van der Waals surface area (Å²) in [7, 11) is 0. The van der Waals surface area contributed by atoms with Gasteiger partial charge >= 0.3 is 5.97 Å². The van der Waals surface area contributed by atoms with Gasteiger partial charge in [-0.15, -0.1) is 0 Å². The minimum absolute atomic E-state index is 0.233. The van der Waals surface area contributed by atoms with Crippen LogP contribution in [0.3, 0.4) is 0 Å². The highest BCUT2D eigenvalue weighted by Gasteiger charge is 2.28. The molecule has 4 nitrogen and oxygen atoms in total. The molecule has 1 atom stereocenters. The average Bonchev–Trinajstić information content (AvgIpc) is 2.77. The molecular weight excluding hydrogens is 248 g/mol. The second-order valence-corrected chi connectivity index (χ2v) is 6.53. The molecule has 0 saturated carbocycles. The summed E-state index contributed by atoms with van der Waals surface area (Å²) in [6.45, 7) is 3.95. The monoisotopic (exact) mass is 266 g/mol. The van der Waals surface area contributed by atoms with Gasteiger partial charge in [0.05, 0.1) is 11.3 Å². The van der Waals surface area contributed by atoms with Gasteiger partial charge in [0, 0.05) is 24.0 Å². The molecule has 98 valence electrons. The van der Waals surface area contributed by atoms with Crippen molar-refractivity contribution in [2.24, 2.45) is 0 Å². The van der Waals surface area contributed by atoms with E-state index in [2.05, 4.69) is 17.2 Å². The quantitative estimate of drug-likeness (QED) is 0.855. The number of nitrogens with zero attached hydrogens (tertiary/aromatic N) is 1. The molecule has 0 aromatic carbocycles. The lowest BCUT2D eigenvalue weighted by atomic mass is 10.1. The van der Waals surface area contributed by atoms with E-state index in [0.717, 1.165) is 12.2 Å². The molecule has 1 fully saturated rings. The lowest BCUT2D eigenvalue weighted by Gasteiger charge is -2.22. The Bertz CT molecular complexity index is 414. The number of hydrogen-bond donors (Lipinski definition) is 2. The van der Waals surface area contributed by atoms with Gasteiger partial charge in [0.25, 0.3) is 0 Å². The fourth-order valence-corrected chi connectivity index (χ4v) is 3.36. The Morgan fingerprint density at radius 2 is 2.44 bits per heavy atom. The predicted molar refractivity (Wildman–Crippen MR) is 73.0 cm³/mol. The Hall–Kier alpha value is -1.07. The number of carboxylic acid groups (broad SMARTS) is 1. The minimum Gasteiger partial charge on any atom is -0.478 e. The zero-order chi connectivity index (χ0) is 13.0. The van der Waals surface area contributed by atoms with Crippen molar-refractivity contribution in [1.82, 2.24) is 10.3 Å². The second kappa shape index (κ2) is 5.71. The van der Waals surface area contributed by atoms with E-state index in [0.29, 0.717) is 11.3 Å². The molecule has 0 amide bonds. The second-order valence-electron chi connectivity index (χ2n) is 4.85. The fraction of sp³-hybridized carbons (Fsp3) is 0.538.